The molecule has 1 heterocycles. The first-order valence-electron chi connectivity index (χ1n) is 2.67. The summed E-state index contributed by atoms with van der Waals surface area (Å²) in [4.78, 5) is 3.82. The molecule has 0 aliphatic carbocycles. The van der Waals surface area contributed by atoms with E-state index >= 15 is 0 Å². The van der Waals surface area contributed by atoms with E-state index in [4.69, 9.17) is 10.8 Å². The van der Waals surface area contributed by atoms with Crippen LogP contribution in [-0.4, -0.2) is 10.1 Å². The molecule has 0 fully saturated rings. The SMILES string of the molecule is NCc1ccc(O)cn1. The third-order valence-electron chi connectivity index (χ3n) is 1.02. The highest BCUT2D eigenvalue weighted by Crippen LogP contribution is 2.04. The van der Waals surface area contributed by atoms with Crippen molar-refractivity contribution in [2.24, 2.45) is 5.73 Å². The molecule has 0 atom stereocenters. The maximum atomic E-state index is 8.75. The largest absolute Gasteiger partial charge is 0.506 e. The fraction of sp³-hybridized carbons (Fsp3) is 0.167. The Morgan fingerprint density at radius 1 is 1.56 bits per heavy atom. The Morgan fingerprint density at radius 2 is 2.33 bits per heavy atom. The number of rotatable bonds is 1. The van der Waals surface area contributed by atoms with Crippen molar-refractivity contribution in [1.82, 2.24) is 4.98 Å². The smallest absolute Gasteiger partial charge is 0.133 e. The maximum absolute atomic E-state index is 8.75. The highest BCUT2D eigenvalue weighted by atomic mass is 16.3. The Labute approximate surface area is 53.2 Å². The lowest BCUT2D eigenvalue weighted by molar-refractivity contribution is 0.472. The molecule has 0 saturated carbocycles. The average molecular weight is 124 g/mol. The summed E-state index contributed by atoms with van der Waals surface area (Å²) in [5.41, 5.74) is 6.04. The summed E-state index contributed by atoms with van der Waals surface area (Å²) >= 11 is 0. The summed E-state index contributed by atoms with van der Waals surface area (Å²) in [6.45, 7) is 0.417. The molecule has 0 saturated heterocycles. The summed E-state index contributed by atoms with van der Waals surface area (Å²) in [6, 6.07) is 3.25. The van der Waals surface area contributed by atoms with Crippen LogP contribution in [0, 0.1) is 0 Å². The van der Waals surface area contributed by atoms with Crippen LogP contribution in [0.1, 0.15) is 5.69 Å². The predicted octanol–water partition coefficient (Wildman–Crippen LogP) is 0.246. The van der Waals surface area contributed by atoms with Crippen LogP contribution >= 0.6 is 0 Å². The number of pyridine rings is 1. The zero-order chi connectivity index (χ0) is 6.69. The van der Waals surface area contributed by atoms with Gasteiger partial charge in [-0.2, -0.15) is 0 Å². The van der Waals surface area contributed by atoms with Crippen molar-refractivity contribution in [3.8, 4) is 5.75 Å². The minimum Gasteiger partial charge on any atom is -0.506 e. The first-order chi connectivity index (χ1) is 4.33. The molecular weight excluding hydrogens is 116 g/mol. The summed E-state index contributed by atoms with van der Waals surface area (Å²) in [5.74, 6) is 0.173. The maximum Gasteiger partial charge on any atom is 0.133 e. The molecule has 0 amide bonds. The van der Waals surface area contributed by atoms with Crippen LogP contribution in [0.15, 0.2) is 18.3 Å². The van der Waals surface area contributed by atoms with Crippen LogP contribution in [-0.2, 0) is 6.54 Å². The third-order valence-corrected chi connectivity index (χ3v) is 1.02. The van der Waals surface area contributed by atoms with E-state index in [1.54, 1.807) is 12.1 Å². The Morgan fingerprint density at radius 3 is 2.78 bits per heavy atom. The van der Waals surface area contributed by atoms with Gasteiger partial charge in [0.15, 0.2) is 0 Å². The van der Waals surface area contributed by atoms with Gasteiger partial charge in [0.2, 0.25) is 0 Å². The van der Waals surface area contributed by atoms with Crippen molar-refractivity contribution in [3.05, 3.63) is 24.0 Å². The molecule has 1 aromatic rings. The molecule has 9 heavy (non-hydrogen) atoms. The molecule has 0 aliphatic heterocycles. The van der Waals surface area contributed by atoms with E-state index in [1.165, 1.54) is 6.20 Å². The quantitative estimate of drug-likeness (QED) is 0.564. The number of aromatic hydroxyl groups is 1. The van der Waals surface area contributed by atoms with Gasteiger partial charge in [-0.1, -0.05) is 0 Å². The van der Waals surface area contributed by atoms with Crippen molar-refractivity contribution < 1.29 is 5.11 Å². The molecule has 1 rings (SSSR count). The van der Waals surface area contributed by atoms with Gasteiger partial charge in [-0.05, 0) is 12.1 Å². The van der Waals surface area contributed by atoms with Crippen LogP contribution in [0.3, 0.4) is 0 Å². The first kappa shape index (κ1) is 6.04. The van der Waals surface area contributed by atoms with Gasteiger partial charge in [0.1, 0.15) is 5.75 Å². The van der Waals surface area contributed by atoms with Crippen molar-refractivity contribution >= 4 is 0 Å². The van der Waals surface area contributed by atoms with E-state index in [1.807, 2.05) is 0 Å². The predicted molar refractivity (Wildman–Crippen MR) is 33.8 cm³/mol. The van der Waals surface area contributed by atoms with E-state index in [0.29, 0.717) is 6.54 Å². The fourth-order valence-corrected chi connectivity index (χ4v) is 0.537. The van der Waals surface area contributed by atoms with E-state index in [9.17, 15) is 0 Å². The molecule has 0 unspecified atom stereocenters. The second kappa shape index (κ2) is 2.46. The van der Waals surface area contributed by atoms with Crippen molar-refractivity contribution in [3.63, 3.8) is 0 Å². The van der Waals surface area contributed by atoms with Gasteiger partial charge in [-0.15, -0.1) is 0 Å². The van der Waals surface area contributed by atoms with E-state index < -0.39 is 0 Å². The van der Waals surface area contributed by atoms with Crippen LogP contribution in [0.5, 0.6) is 5.75 Å². The zero-order valence-electron chi connectivity index (χ0n) is 4.91. The van der Waals surface area contributed by atoms with Gasteiger partial charge in [0, 0.05) is 6.54 Å². The summed E-state index contributed by atoms with van der Waals surface area (Å²) in [6.07, 6.45) is 1.38. The lowest BCUT2D eigenvalue weighted by atomic mass is 10.3. The minimum atomic E-state index is 0.173. The zero-order valence-corrected chi connectivity index (χ0v) is 4.91. The summed E-state index contributed by atoms with van der Waals surface area (Å²) in [7, 11) is 0. The van der Waals surface area contributed by atoms with Gasteiger partial charge in [0.05, 0.1) is 11.9 Å². The molecule has 0 spiro atoms. The third kappa shape index (κ3) is 1.40. The normalized spacial score (nSPS) is 9.44. The molecule has 0 bridgehead atoms. The van der Waals surface area contributed by atoms with E-state index in [0.717, 1.165) is 5.69 Å². The monoisotopic (exact) mass is 124 g/mol. The highest BCUT2D eigenvalue weighted by Gasteiger charge is 1.88. The Kier molecular flexibility index (Phi) is 1.65. The van der Waals surface area contributed by atoms with Gasteiger partial charge in [-0.3, -0.25) is 4.98 Å². The molecule has 1 aromatic heterocycles. The summed E-state index contributed by atoms with van der Waals surface area (Å²) < 4.78 is 0. The number of aromatic nitrogens is 1. The van der Waals surface area contributed by atoms with Crippen LogP contribution in [0.25, 0.3) is 0 Å². The molecule has 3 heteroatoms. The van der Waals surface area contributed by atoms with Gasteiger partial charge in [-0.25, -0.2) is 0 Å². The first-order valence-corrected chi connectivity index (χ1v) is 2.67. The molecule has 0 aliphatic rings. The van der Waals surface area contributed by atoms with Crippen LogP contribution in [0.4, 0.5) is 0 Å². The van der Waals surface area contributed by atoms with Crippen LogP contribution in [0.2, 0.25) is 0 Å². The molecule has 48 valence electrons. The standard InChI is InChI=1S/C6H8N2O/c7-3-5-1-2-6(9)4-8-5/h1-2,4,9H,3,7H2. The van der Waals surface area contributed by atoms with Crippen molar-refractivity contribution in [2.45, 2.75) is 6.54 Å². The number of hydrogen-bond donors (Lipinski definition) is 2. The number of nitrogens with zero attached hydrogens (tertiary/aromatic N) is 1. The highest BCUT2D eigenvalue weighted by molar-refractivity contribution is 5.17. The number of hydrogen-bond acceptors (Lipinski definition) is 3. The lowest BCUT2D eigenvalue weighted by Gasteiger charge is -1.92. The van der Waals surface area contributed by atoms with E-state index in [2.05, 4.69) is 4.98 Å². The topological polar surface area (TPSA) is 59.1 Å². The molecular formula is C6H8N2O. The fourth-order valence-electron chi connectivity index (χ4n) is 0.537. The van der Waals surface area contributed by atoms with Gasteiger partial charge < -0.3 is 10.8 Å². The molecule has 0 radical (unpaired) electrons. The second-order valence-electron chi connectivity index (χ2n) is 1.71. The summed E-state index contributed by atoms with van der Waals surface area (Å²) in [5, 5.41) is 8.75. The average Bonchev–Trinajstić information content (AvgIpc) is 1.90. The molecule has 3 N–H and O–H groups in total. The molecule has 3 nitrogen and oxygen atoms in total. The molecule has 0 aromatic carbocycles. The van der Waals surface area contributed by atoms with E-state index in [-0.39, 0.29) is 5.75 Å². The Balaban J connectivity index is 2.88. The van der Waals surface area contributed by atoms with Crippen LogP contribution < -0.4 is 5.73 Å². The van der Waals surface area contributed by atoms with Crippen molar-refractivity contribution in [1.29, 1.82) is 0 Å². The van der Waals surface area contributed by atoms with Gasteiger partial charge >= 0.3 is 0 Å². The number of nitrogens with two attached hydrogens (primary N) is 1. The Bertz CT molecular complexity index is 183. The van der Waals surface area contributed by atoms with Gasteiger partial charge in [0.25, 0.3) is 0 Å². The Hall–Kier alpha value is -1.09. The minimum absolute atomic E-state index is 0.173. The lowest BCUT2D eigenvalue weighted by Crippen LogP contribution is -1.97. The van der Waals surface area contributed by atoms with Crippen molar-refractivity contribution in [2.75, 3.05) is 0 Å². The second-order valence-corrected chi connectivity index (χ2v) is 1.71.